The van der Waals surface area contributed by atoms with E-state index in [1.165, 1.54) is 25.1 Å². The number of carbonyl (C=O) groups is 2. The number of aliphatic carboxylic acids is 1. The third kappa shape index (κ3) is 3.33. The lowest BCUT2D eigenvalue weighted by atomic mass is 9.54. The van der Waals surface area contributed by atoms with Gasteiger partial charge in [-0.15, -0.1) is 0 Å². The lowest BCUT2D eigenvalue weighted by Gasteiger charge is -2.58. The zero-order chi connectivity index (χ0) is 18.8. The molecular formula is C18H24FNO5. The minimum absolute atomic E-state index is 0.0606. The molecule has 1 aliphatic carbocycles. The molecule has 0 bridgehead atoms. The van der Waals surface area contributed by atoms with E-state index >= 15 is 0 Å². The molecular weight excluding hydrogens is 329 g/mol. The molecule has 2 rings (SSSR count). The van der Waals surface area contributed by atoms with Crippen LogP contribution in [0, 0.1) is 11.2 Å². The number of ether oxygens (including phenoxy) is 2. The number of carboxylic acid groups (broad SMARTS) is 1. The summed E-state index contributed by atoms with van der Waals surface area (Å²) in [6.07, 6.45) is -1.15. The normalized spacial score (nSPS) is 25.6. The van der Waals surface area contributed by atoms with Gasteiger partial charge in [-0.05, 0) is 26.0 Å². The second-order valence-corrected chi connectivity index (χ2v) is 6.76. The minimum Gasteiger partial charge on any atom is -0.479 e. The third-order valence-electron chi connectivity index (χ3n) is 4.98. The van der Waals surface area contributed by atoms with Crippen molar-refractivity contribution in [2.75, 3.05) is 6.61 Å². The summed E-state index contributed by atoms with van der Waals surface area (Å²) in [7, 11) is 0. The maximum atomic E-state index is 13.6. The van der Waals surface area contributed by atoms with Crippen LogP contribution in [-0.2, 0) is 14.3 Å². The largest absolute Gasteiger partial charge is 0.479 e. The van der Waals surface area contributed by atoms with Gasteiger partial charge in [-0.3, -0.25) is 4.79 Å². The molecule has 6 nitrogen and oxygen atoms in total. The number of carboxylic acids is 1. The Kier molecular flexibility index (Phi) is 5.37. The van der Waals surface area contributed by atoms with Crippen molar-refractivity contribution in [2.24, 2.45) is 5.41 Å². The van der Waals surface area contributed by atoms with Crippen LogP contribution in [0.5, 0.6) is 5.75 Å². The predicted molar refractivity (Wildman–Crippen MR) is 88.8 cm³/mol. The van der Waals surface area contributed by atoms with Crippen molar-refractivity contribution in [3.8, 4) is 5.75 Å². The number of rotatable bonds is 7. The first-order valence-corrected chi connectivity index (χ1v) is 8.24. The summed E-state index contributed by atoms with van der Waals surface area (Å²) in [6, 6.07) is 5.73. The molecule has 0 saturated heterocycles. The highest BCUT2D eigenvalue weighted by molar-refractivity contribution is 5.91. The molecule has 3 atom stereocenters. The molecule has 0 heterocycles. The maximum Gasteiger partial charge on any atom is 0.330 e. The van der Waals surface area contributed by atoms with Crippen LogP contribution in [0.3, 0.4) is 0 Å². The molecule has 1 fully saturated rings. The van der Waals surface area contributed by atoms with E-state index in [4.69, 9.17) is 9.47 Å². The van der Waals surface area contributed by atoms with Crippen LogP contribution in [0.25, 0.3) is 0 Å². The van der Waals surface area contributed by atoms with Gasteiger partial charge in [-0.25, -0.2) is 9.18 Å². The molecule has 2 N–H and O–H groups in total. The molecule has 1 amide bonds. The van der Waals surface area contributed by atoms with Gasteiger partial charge in [0.05, 0.1) is 6.10 Å². The van der Waals surface area contributed by atoms with Crippen LogP contribution >= 0.6 is 0 Å². The molecule has 1 aliphatic rings. The van der Waals surface area contributed by atoms with Gasteiger partial charge >= 0.3 is 5.97 Å². The highest BCUT2D eigenvalue weighted by atomic mass is 19.1. The van der Waals surface area contributed by atoms with Crippen LogP contribution in [0.1, 0.15) is 34.1 Å². The molecule has 1 aromatic rings. The molecule has 1 aromatic carbocycles. The summed E-state index contributed by atoms with van der Waals surface area (Å²) in [6.45, 7) is 7.23. The van der Waals surface area contributed by atoms with Crippen molar-refractivity contribution in [1.82, 2.24) is 5.32 Å². The molecule has 7 heteroatoms. The van der Waals surface area contributed by atoms with E-state index < -0.39 is 34.8 Å². The number of hydrogen-bond acceptors (Lipinski definition) is 4. The summed E-state index contributed by atoms with van der Waals surface area (Å²) in [5.74, 6) is -2.39. The quantitative estimate of drug-likeness (QED) is 0.786. The highest BCUT2D eigenvalue weighted by Crippen LogP contribution is 2.51. The minimum atomic E-state index is -1.45. The smallest absolute Gasteiger partial charge is 0.330 e. The number of para-hydroxylation sites is 1. The molecule has 0 spiro atoms. The van der Waals surface area contributed by atoms with Gasteiger partial charge < -0.3 is 19.9 Å². The molecule has 0 aliphatic heterocycles. The fourth-order valence-corrected chi connectivity index (χ4v) is 3.13. The number of nitrogens with one attached hydrogen (secondary N) is 1. The first-order chi connectivity index (χ1) is 11.7. The van der Waals surface area contributed by atoms with E-state index in [-0.39, 0.29) is 18.3 Å². The Morgan fingerprint density at radius 1 is 1.40 bits per heavy atom. The Labute approximate surface area is 146 Å². The first kappa shape index (κ1) is 19.2. The number of halogens is 1. The van der Waals surface area contributed by atoms with Crippen molar-refractivity contribution < 1.29 is 28.6 Å². The first-order valence-electron chi connectivity index (χ1n) is 8.24. The number of carbonyl (C=O) groups excluding carboxylic acids is 1. The lowest BCUT2D eigenvalue weighted by Crippen LogP contribution is -2.76. The number of benzene rings is 1. The summed E-state index contributed by atoms with van der Waals surface area (Å²) in [5, 5.41) is 12.3. The average Bonchev–Trinajstić information content (AvgIpc) is 2.55. The average molecular weight is 353 g/mol. The van der Waals surface area contributed by atoms with Gasteiger partial charge in [0.1, 0.15) is 5.54 Å². The van der Waals surface area contributed by atoms with Crippen LogP contribution in [0.2, 0.25) is 0 Å². The van der Waals surface area contributed by atoms with Crippen LogP contribution in [0.4, 0.5) is 4.39 Å². The summed E-state index contributed by atoms with van der Waals surface area (Å²) in [5.41, 5.74) is -2.24. The third-order valence-corrected chi connectivity index (χ3v) is 4.98. The van der Waals surface area contributed by atoms with E-state index in [2.05, 4.69) is 5.32 Å². The Morgan fingerprint density at radius 3 is 2.56 bits per heavy atom. The number of amides is 1. The molecule has 1 saturated carbocycles. The van der Waals surface area contributed by atoms with Crippen molar-refractivity contribution in [2.45, 2.75) is 51.9 Å². The molecule has 0 aromatic heterocycles. The molecule has 138 valence electrons. The summed E-state index contributed by atoms with van der Waals surface area (Å²) in [4.78, 5) is 24.3. The van der Waals surface area contributed by atoms with E-state index in [1.54, 1.807) is 19.9 Å². The SMILES string of the molecule is CCOC1CC(NC(=O)C(C)Oc2ccccc2F)(C(=O)O)C1(C)C. The topological polar surface area (TPSA) is 84.9 Å². The van der Waals surface area contributed by atoms with Gasteiger partial charge in [0.25, 0.3) is 5.91 Å². The van der Waals surface area contributed by atoms with E-state index in [1.807, 2.05) is 6.92 Å². The van der Waals surface area contributed by atoms with Crippen LogP contribution < -0.4 is 10.1 Å². The van der Waals surface area contributed by atoms with Crippen LogP contribution in [0.15, 0.2) is 24.3 Å². The monoisotopic (exact) mass is 353 g/mol. The van der Waals surface area contributed by atoms with Gasteiger partial charge in [0, 0.05) is 18.4 Å². The molecule has 0 radical (unpaired) electrons. The van der Waals surface area contributed by atoms with E-state index in [0.29, 0.717) is 6.61 Å². The van der Waals surface area contributed by atoms with Crippen molar-refractivity contribution in [1.29, 1.82) is 0 Å². The van der Waals surface area contributed by atoms with Gasteiger partial charge in [-0.2, -0.15) is 0 Å². The number of hydrogen-bond donors (Lipinski definition) is 2. The predicted octanol–water partition coefficient (Wildman–Crippen LogP) is 2.37. The second kappa shape index (κ2) is 7.00. The van der Waals surface area contributed by atoms with Crippen molar-refractivity contribution in [3.63, 3.8) is 0 Å². The standard InChI is InChI=1S/C18H24FNO5/c1-5-24-14-10-18(16(22)23,17(14,3)4)20-15(21)11(2)25-13-9-7-6-8-12(13)19/h6-9,11,14H,5,10H2,1-4H3,(H,20,21)(H,22,23). The highest BCUT2D eigenvalue weighted by Gasteiger charge is 2.66. The van der Waals surface area contributed by atoms with Gasteiger partial charge in [0.15, 0.2) is 17.7 Å². The van der Waals surface area contributed by atoms with Gasteiger partial charge in [-0.1, -0.05) is 26.0 Å². The van der Waals surface area contributed by atoms with Crippen molar-refractivity contribution >= 4 is 11.9 Å². The van der Waals surface area contributed by atoms with E-state index in [9.17, 15) is 19.1 Å². The Balaban J connectivity index is 2.11. The zero-order valence-corrected chi connectivity index (χ0v) is 14.8. The fourth-order valence-electron chi connectivity index (χ4n) is 3.13. The van der Waals surface area contributed by atoms with Gasteiger partial charge in [0.2, 0.25) is 0 Å². The maximum absolute atomic E-state index is 13.6. The lowest BCUT2D eigenvalue weighted by molar-refractivity contribution is -0.195. The summed E-state index contributed by atoms with van der Waals surface area (Å²) < 4.78 is 24.5. The van der Waals surface area contributed by atoms with Crippen molar-refractivity contribution in [3.05, 3.63) is 30.1 Å². The van der Waals surface area contributed by atoms with E-state index in [0.717, 1.165) is 0 Å². The Hall–Kier alpha value is -2.15. The second-order valence-electron chi connectivity index (χ2n) is 6.76. The Morgan fingerprint density at radius 2 is 2.04 bits per heavy atom. The fraction of sp³-hybridized carbons (Fsp3) is 0.556. The zero-order valence-electron chi connectivity index (χ0n) is 14.8. The Bertz CT molecular complexity index is 663. The van der Waals surface area contributed by atoms with Crippen LogP contribution in [-0.4, -0.2) is 41.3 Å². The summed E-state index contributed by atoms with van der Waals surface area (Å²) >= 11 is 0. The molecule has 3 unspecified atom stereocenters. The molecule has 25 heavy (non-hydrogen) atoms.